The summed E-state index contributed by atoms with van der Waals surface area (Å²) in [6, 6.07) is 6.89. The second-order valence-electron chi connectivity index (χ2n) is 5.85. The lowest BCUT2D eigenvalue weighted by Crippen LogP contribution is -2.35. The van der Waals surface area contributed by atoms with Crippen molar-refractivity contribution in [3.8, 4) is 0 Å². The van der Waals surface area contributed by atoms with Crippen molar-refractivity contribution in [2.24, 2.45) is 5.92 Å². The van der Waals surface area contributed by atoms with Crippen molar-refractivity contribution in [3.05, 3.63) is 28.8 Å². The first-order valence-corrected chi connectivity index (χ1v) is 8.31. The van der Waals surface area contributed by atoms with Crippen molar-refractivity contribution in [1.29, 1.82) is 0 Å². The third-order valence-corrected chi connectivity index (χ3v) is 4.72. The van der Waals surface area contributed by atoms with Gasteiger partial charge in [0, 0.05) is 19.1 Å². The summed E-state index contributed by atoms with van der Waals surface area (Å²) in [6.07, 6.45) is 3.91. The molecule has 0 amide bonds. The predicted octanol–water partition coefficient (Wildman–Crippen LogP) is 4.64. The number of piperidine rings is 1. The standard InChI is InChI=1S/C17H27ClN2/c1-4-14-7-6-10-20(12-14)17-9-8-15(11-16(17)18)13(3)19-5-2/h8-9,11,13-14,19H,4-7,10,12H2,1-3H3. The van der Waals surface area contributed by atoms with Gasteiger partial charge in [-0.3, -0.25) is 0 Å². The van der Waals surface area contributed by atoms with Crippen LogP contribution in [-0.4, -0.2) is 19.6 Å². The molecule has 0 spiro atoms. The van der Waals surface area contributed by atoms with E-state index in [1.165, 1.54) is 30.5 Å². The lowest BCUT2D eigenvalue weighted by molar-refractivity contribution is 0.405. The molecule has 0 aromatic heterocycles. The summed E-state index contributed by atoms with van der Waals surface area (Å²) in [7, 11) is 0. The quantitative estimate of drug-likeness (QED) is 0.851. The fourth-order valence-corrected chi connectivity index (χ4v) is 3.40. The SMILES string of the molecule is CCNC(C)c1ccc(N2CCCC(CC)C2)c(Cl)c1. The molecule has 1 fully saturated rings. The number of nitrogens with zero attached hydrogens (tertiary/aromatic N) is 1. The van der Waals surface area contributed by atoms with Gasteiger partial charge in [-0.25, -0.2) is 0 Å². The van der Waals surface area contributed by atoms with Crippen LogP contribution in [0.25, 0.3) is 0 Å². The van der Waals surface area contributed by atoms with Gasteiger partial charge in [-0.05, 0) is 49.9 Å². The van der Waals surface area contributed by atoms with Crippen molar-refractivity contribution in [3.63, 3.8) is 0 Å². The van der Waals surface area contributed by atoms with E-state index in [1.807, 2.05) is 0 Å². The maximum Gasteiger partial charge on any atom is 0.0642 e. The molecule has 2 unspecified atom stereocenters. The molecular weight excluding hydrogens is 268 g/mol. The van der Waals surface area contributed by atoms with E-state index in [-0.39, 0.29) is 0 Å². The summed E-state index contributed by atoms with van der Waals surface area (Å²) in [5.41, 5.74) is 2.47. The minimum absolute atomic E-state index is 0.358. The van der Waals surface area contributed by atoms with E-state index in [1.54, 1.807) is 0 Å². The fourth-order valence-electron chi connectivity index (χ4n) is 3.09. The topological polar surface area (TPSA) is 15.3 Å². The van der Waals surface area contributed by atoms with Crippen LogP contribution in [0, 0.1) is 5.92 Å². The average Bonchev–Trinajstić information content (AvgIpc) is 2.47. The summed E-state index contributed by atoms with van der Waals surface area (Å²) in [4.78, 5) is 2.46. The predicted molar refractivity (Wildman–Crippen MR) is 88.8 cm³/mol. The Hall–Kier alpha value is -0.730. The lowest BCUT2D eigenvalue weighted by Gasteiger charge is -2.34. The third kappa shape index (κ3) is 3.67. The van der Waals surface area contributed by atoms with Crippen LogP contribution in [0.15, 0.2) is 18.2 Å². The Morgan fingerprint density at radius 2 is 2.20 bits per heavy atom. The summed E-state index contributed by atoms with van der Waals surface area (Å²) < 4.78 is 0. The minimum atomic E-state index is 0.358. The number of hydrogen-bond acceptors (Lipinski definition) is 2. The van der Waals surface area contributed by atoms with E-state index < -0.39 is 0 Å². The zero-order chi connectivity index (χ0) is 14.5. The molecule has 0 aliphatic carbocycles. The Morgan fingerprint density at radius 1 is 1.40 bits per heavy atom. The molecule has 0 radical (unpaired) electrons. The number of nitrogens with one attached hydrogen (secondary N) is 1. The van der Waals surface area contributed by atoms with E-state index >= 15 is 0 Å². The Labute approximate surface area is 128 Å². The normalized spacial score (nSPS) is 21.0. The Kier molecular flexibility index (Phi) is 5.74. The van der Waals surface area contributed by atoms with Crippen LogP contribution >= 0.6 is 11.6 Å². The number of halogens is 1. The van der Waals surface area contributed by atoms with Crippen LogP contribution < -0.4 is 10.2 Å². The number of anilines is 1. The third-order valence-electron chi connectivity index (χ3n) is 4.42. The van der Waals surface area contributed by atoms with Crippen molar-refractivity contribution >= 4 is 17.3 Å². The molecule has 3 heteroatoms. The van der Waals surface area contributed by atoms with E-state index in [9.17, 15) is 0 Å². The second-order valence-corrected chi connectivity index (χ2v) is 6.26. The van der Waals surface area contributed by atoms with Gasteiger partial charge in [-0.1, -0.05) is 37.9 Å². The summed E-state index contributed by atoms with van der Waals surface area (Å²) in [5.74, 6) is 0.820. The molecule has 1 aromatic carbocycles. The van der Waals surface area contributed by atoms with E-state index in [4.69, 9.17) is 11.6 Å². The molecule has 1 aliphatic rings. The molecule has 112 valence electrons. The van der Waals surface area contributed by atoms with Crippen molar-refractivity contribution in [2.45, 2.75) is 46.1 Å². The number of hydrogen-bond donors (Lipinski definition) is 1. The van der Waals surface area contributed by atoms with E-state index in [2.05, 4.69) is 49.2 Å². The minimum Gasteiger partial charge on any atom is -0.370 e. The molecule has 1 saturated heterocycles. The van der Waals surface area contributed by atoms with Gasteiger partial charge < -0.3 is 10.2 Å². The molecule has 1 N–H and O–H groups in total. The van der Waals surface area contributed by atoms with Gasteiger partial charge in [-0.15, -0.1) is 0 Å². The number of benzene rings is 1. The highest BCUT2D eigenvalue weighted by molar-refractivity contribution is 6.33. The van der Waals surface area contributed by atoms with Gasteiger partial charge in [0.25, 0.3) is 0 Å². The van der Waals surface area contributed by atoms with Gasteiger partial charge in [0.15, 0.2) is 0 Å². The zero-order valence-corrected chi connectivity index (χ0v) is 13.7. The van der Waals surface area contributed by atoms with Gasteiger partial charge in [0.2, 0.25) is 0 Å². The zero-order valence-electron chi connectivity index (χ0n) is 13.0. The molecule has 20 heavy (non-hydrogen) atoms. The molecule has 1 aromatic rings. The van der Waals surface area contributed by atoms with Gasteiger partial charge >= 0.3 is 0 Å². The monoisotopic (exact) mass is 294 g/mol. The Bertz CT molecular complexity index is 433. The molecule has 0 saturated carbocycles. The average molecular weight is 295 g/mol. The van der Waals surface area contributed by atoms with Crippen LogP contribution in [0.3, 0.4) is 0 Å². The van der Waals surface area contributed by atoms with Crippen LogP contribution in [0.1, 0.15) is 51.6 Å². The molecule has 1 aliphatic heterocycles. The first-order chi connectivity index (χ1) is 9.65. The fraction of sp³-hybridized carbons (Fsp3) is 0.647. The maximum absolute atomic E-state index is 6.53. The summed E-state index contributed by atoms with van der Waals surface area (Å²) in [6.45, 7) is 9.87. The van der Waals surface area contributed by atoms with Crippen molar-refractivity contribution in [2.75, 3.05) is 24.5 Å². The second kappa shape index (κ2) is 7.33. The molecule has 2 nitrogen and oxygen atoms in total. The van der Waals surface area contributed by atoms with Crippen molar-refractivity contribution in [1.82, 2.24) is 5.32 Å². The van der Waals surface area contributed by atoms with Crippen molar-refractivity contribution < 1.29 is 0 Å². The molecule has 1 heterocycles. The number of rotatable bonds is 5. The summed E-state index contributed by atoms with van der Waals surface area (Å²) >= 11 is 6.53. The molecule has 2 rings (SSSR count). The maximum atomic E-state index is 6.53. The van der Waals surface area contributed by atoms with Crippen LogP contribution in [0.5, 0.6) is 0 Å². The highest BCUT2D eigenvalue weighted by Crippen LogP contribution is 2.32. The first-order valence-electron chi connectivity index (χ1n) is 7.93. The highest BCUT2D eigenvalue weighted by Gasteiger charge is 2.20. The largest absolute Gasteiger partial charge is 0.370 e. The molecule has 0 bridgehead atoms. The van der Waals surface area contributed by atoms with Gasteiger partial charge in [0.05, 0.1) is 10.7 Å². The van der Waals surface area contributed by atoms with Gasteiger partial charge in [0.1, 0.15) is 0 Å². The smallest absolute Gasteiger partial charge is 0.0642 e. The van der Waals surface area contributed by atoms with E-state index in [0.717, 1.165) is 30.6 Å². The highest BCUT2D eigenvalue weighted by atomic mass is 35.5. The first kappa shape index (κ1) is 15.7. The van der Waals surface area contributed by atoms with Crippen LogP contribution in [0.4, 0.5) is 5.69 Å². The lowest BCUT2D eigenvalue weighted by atomic mass is 9.95. The Balaban J connectivity index is 2.13. The molecule has 2 atom stereocenters. The van der Waals surface area contributed by atoms with Crippen LogP contribution in [0.2, 0.25) is 5.02 Å². The Morgan fingerprint density at radius 3 is 2.85 bits per heavy atom. The molecular formula is C17H27ClN2. The summed E-state index contributed by atoms with van der Waals surface area (Å²) in [5, 5.41) is 4.32. The van der Waals surface area contributed by atoms with Crippen LogP contribution in [-0.2, 0) is 0 Å². The van der Waals surface area contributed by atoms with Gasteiger partial charge in [-0.2, -0.15) is 0 Å². The van der Waals surface area contributed by atoms with E-state index in [0.29, 0.717) is 6.04 Å².